The molecule has 5 heteroatoms. The predicted octanol–water partition coefficient (Wildman–Crippen LogP) is 0.235. The first-order valence-electron chi connectivity index (χ1n) is 2.54. The molecule has 1 N–H and O–H groups in total. The van der Waals surface area contributed by atoms with Crippen molar-refractivity contribution in [1.82, 2.24) is 4.72 Å². The van der Waals surface area contributed by atoms with E-state index in [1.54, 1.807) is 0 Å². The second-order valence-corrected chi connectivity index (χ2v) is 6.86. The highest BCUT2D eigenvalue weighted by Gasteiger charge is 2.07. The Morgan fingerprint density at radius 3 is 2.00 bits per heavy atom. The van der Waals surface area contributed by atoms with Crippen molar-refractivity contribution in [3.05, 3.63) is 0 Å². The van der Waals surface area contributed by atoms with Crippen LogP contribution in [0.5, 0.6) is 0 Å². The summed E-state index contributed by atoms with van der Waals surface area (Å²) in [6.45, 7) is 3.87. The van der Waals surface area contributed by atoms with E-state index in [1.807, 2.05) is 13.3 Å². The lowest BCUT2D eigenvalue weighted by Crippen LogP contribution is -2.20. The summed E-state index contributed by atoms with van der Waals surface area (Å²) in [4.78, 5) is 0. The molecule has 0 aliphatic heterocycles. The lowest BCUT2D eigenvalue weighted by Gasteiger charge is -2.04. The van der Waals surface area contributed by atoms with Gasteiger partial charge in [-0.25, -0.2) is 13.1 Å². The molecule has 0 atom stereocenters. The molecule has 0 radical (unpaired) electrons. The van der Waals surface area contributed by atoms with Crippen LogP contribution in [-0.4, -0.2) is 34.3 Å². The summed E-state index contributed by atoms with van der Waals surface area (Å²) >= 11 is 0. The van der Waals surface area contributed by atoms with E-state index in [0.29, 0.717) is 0 Å². The van der Waals surface area contributed by atoms with Crippen molar-refractivity contribution in [2.24, 2.45) is 0 Å². The molecule has 0 unspecified atom stereocenters. The SMILES string of the molecule is CNS(=O)(=O)CP(C)C. The van der Waals surface area contributed by atoms with E-state index in [2.05, 4.69) is 4.72 Å². The van der Waals surface area contributed by atoms with Gasteiger partial charge in [-0.2, -0.15) is 0 Å². The number of hydrogen-bond donors (Lipinski definition) is 1. The van der Waals surface area contributed by atoms with E-state index in [9.17, 15) is 8.42 Å². The topological polar surface area (TPSA) is 46.2 Å². The predicted molar refractivity (Wildman–Crippen MR) is 41.6 cm³/mol. The van der Waals surface area contributed by atoms with Crippen LogP contribution in [0.3, 0.4) is 0 Å². The smallest absolute Gasteiger partial charge is 0.215 e. The van der Waals surface area contributed by atoms with Gasteiger partial charge in [-0.1, -0.05) is 7.92 Å². The van der Waals surface area contributed by atoms with E-state index < -0.39 is 10.0 Å². The molecule has 0 rings (SSSR count). The third kappa shape index (κ3) is 4.82. The van der Waals surface area contributed by atoms with Crippen LogP contribution in [0.25, 0.3) is 0 Å². The molecular weight excluding hydrogens is 157 g/mol. The molecule has 0 heterocycles. The maximum Gasteiger partial charge on any atom is 0.215 e. The van der Waals surface area contributed by atoms with Crippen molar-refractivity contribution in [3.63, 3.8) is 0 Å². The van der Waals surface area contributed by atoms with Gasteiger partial charge in [0.25, 0.3) is 0 Å². The second kappa shape index (κ2) is 3.49. The van der Waals surface area contributed by atoms with Gasteiger partial charge in [-0.3, -0.25) is 0 Å². The van der Waals surface area contributed by atoms with Crippen LogP contribution in [-0.2, 0) is 10.0 Å². The maximum absolute atomic E-state index is 10.7. The average molecular weight is 169 g/mol. The summed E-state index contributed by atoms with van der Waals surface area (Å²) in [5.41, 5.74) is 0.277. The summed E-state index contributed by atoms with van der Waals surface area (Å²) in [6, 6.07) is 0. The first-order valence-corrected chi connectivity index (χ1v) is 6.61. The van der Waals surface area contributed by atoms with Gasteiger partial charge in [0.15, 0.2) is 0 Å². The largest absolute Gasteiger partial charge is 0.218 e. The number of hydrogen-bond acceptors (Lipinski definition) is 2. The standard InChI is InChI=1S/C4H12NO2PS/c1-5-9(6,7)4-8(2)3/h5H,4H2,1-3H3. The lowest BCUT2D eigenvalue weighted by molar-refractivity contribution is 0.593. The Hall–Kier alpha value is 0.340. The van der Waals surface area contributed by atoms with E-state index in [0.717, 1.165) is 0 Å². The van der Waals surface area contributed by atoms with E-state index in [-0.39, 0.29) is 13.4 Å². The summed E-state index contributed by atoms with van der Waals surface area (Å²) in [5.74, 6) is 0. The molecule has 0 bridgehead atoms. The molecule has 0 aromatic heterocycles. The fourth-order valence-electron chi connectivity index (χ4n) is 0.404. The van der Waals surface area contributed by atoms with Gasteiger partial charge in [0.05, 0.1) is 5.49 Å². The van der Waals surface area contributed by atoms with E-state index >= 15 is 0 Å². The van der Waals surface area contributed by atoms with Crippen LogP contribution in [0.1, 0.15) is 0 Å². The third-order valence-corrected chi connectivity index (χ3v) is 4.79. The van der Waals surface area contributed by atoms with Gasteiger partial charge in [-0.05, 0) is 20.4 Å². The van der Waals surface area contributed by atoms with Crippen molar-refractivity contribution >= 4 is 17.9 Å². The summed E-state index contributed by atoms with van der Waals surface area (Å²) in [6.07, 6.45) is 0. The molecule has 0 saturated carbocycles. The highest BCUT2D eigenvalue weighted by molar-refractivity contribution is 7.96. The van der Waals surface area contributed by atoms with Gasteiger partial charge in [0, 0.05) is 0 Å². The minimum absolute atomic E-state index is 0.277. The van der Waals surface area contributed by atoms with Crippen LogP contribution in [0, 0.1) is 0 Å². The molecule has 56 valence electrons. The van der Waals surface area contributed by atoms with Crippen LogP contribution in [0.2, 0.25) is 0 Å². The summed E-state index contributed by atoms with van der Waals surface area (Å²) in [5, 5.41) is 0. The molecule has 0 amide bonds. The van der Waals surface area contributed by atoms with E-state index in [4.69, 9.17) is 0 Å². The Kier molecular flexibility index (Phi) is 3.63. The van der Waals surface area contributed by atoms with Crippen molar-refractivity contribution in [2.45, 2.75) is 0 Å². The summed E-state index contributed by atoms with van der Waals surface area (Å²) < 4.78 is 23.7. The van der Waals surface area contributed by atoms with Crippen LogP contribution in [0.15, 0.2) is 0 Å². The second-order valence-electron chi connectivity index (χ2n) is 2.03. The first kappa shape index (κ1) is 9.34. The van der Waals surface area contributed by atoms with Crippen LogP contribution < -0.4 is 4.72 Å². The molecule has 0 aliphatic rings. The van der Waals surface area contributed by atoms with Crippen LogP contribution in [0.4, 0.5) is 0 Å². The Morgan fingerprint density at radius 1 is 1.44 bits per heavy atom. The van der Waals surface area contributed by atoms with Gasteiger partial charge in [0.2, 0.25) is 10.0 Å². The normalized spacial score (nSPS) is 12.4. The van der Waals surface area contributed by atoms with Gasteiger partial charge in [0.1, 0.15) is 0 Å². The minimum Gasteiger partial charge on any atom is -0.218 e. The molecule has 0 saturated heterocycles. The zero-order valence-electron chi connectivity index (χ0n) is 5.88. The van der Waals surface area contributed by atoms with Gasteiger partial charge in [-0.15, -0.1) is 0 Å². The Labute approximate surface area is 57.6 Å². The molecule has 3 nitrogen and oxygen atoms in total. The number of rotatable bonds is 3. The van der Waals surface area contributed by atoms with Crippen LogP contribution >= 0.6 is 7.92 Å². The average Bonchev–Trinajstić information content (AvgIpc) is 1.63. The zero-order chi connectivity index (χ0) is 7.49. The molecule has 0 spiro atoms. The van der Waals surface area contributed by atoms with Gasteiger partial charge < -0.3 is 0 Å². The molecule has 0 aromatic carbocycles. The molecule has 9 heavy (non-hydrogen) atoms. The van der Waals surface area contributed by atoms with Crippen molar-refractivity contribution in [2.75, 3.05) is 25.9 Å². The fourth-order valence-corrected chi connectivity index (χ4v) is 3.64. The highest BCUT2D eigenvalue weighted by atomic mass is 32.2. The van der Waals surface area contributed by atoms with Crippen molar-refractivity contribution in [1.29, 1.82) is 0 Å². The molecule has 0 fully saturated rings. The third-order valence-electron chi connectivity index (χ3n) is 0.739. The fraction of sp³-hybridized carbons (Fsp3) is 1.00. The quantitative estimate of drug-likeness (QED) is 0.615. The number of sulfonamides is 1. The Bertz CT molecular complexity index is 163. The minimum atomic E-state index is -2.94. The van der Waals surface area contributed by atoms with Crippen molar-refractivity contribution < 1.29 is 8.42 Å². The lowest BCUT2D eigenvalue weighted by atomic mass is 11.6. The summed E-state index contributed by atoms with van der Waals surface area (Å²) in [7, 11) is -1.85. The van der Waals surface area contributed by atoms with Gasteiger partial charge >= 0.3 is 0 Å². The molecule has 0 aliphatic carbocycles. The monoisotopic (exact) mass is 169 g/mol. The Morgan fingerprint density at radius 2 is 1.89 bits per heavy atom. The van der Waals surface area contributed by atoms with Crippen molar-refractivity contribution in [3.8, 4) is 0 Å². The maximum atomic E-state index is 10.7. The number of nitrogens with one attached hydrogen (secondary N) is 1. The highest BCUT2D eigenvalue weighted by Crippen LogP contribution is 2.25. The molecule has 0 aromatic rings. The molecular formula is C4H12NO2PS. The Balaban J connectivity index is 3.90. The van der Waals surface area contributed by atoms with E-state index in [1.165, 1.54) is 7.05 Å². The zero-order valence-corrected chi connectivity index (χ0v) is 7.59. The first-order chi connectivity index (χ1) is 3.98.